The molecule has 0 unspecified atom stereocenters. The van der Waals surface area contributed by atoms with Crippen molar-refractivity contribution in [1.82, 2.24) is 0 Å². The number of rotatable bonds is 0. The van der Waals surface area contributed by atoms with E-state index in [1.807, 2.05) is 0 Å². The maximum absolute atomic E-state index is 8.45. The second-order valence-corrected chi connectivity index (χ2v) is 5.11. The van der Waals surface area contributed by atoms with Crippen molar-refractivity contribution in [3.8, 4) is 0 Å². The minimum Gasteiger partial charge on any atom is -0.393 e. The van der Waals surface area contributed by atoms with Gasteiger partial charge in [0.15, 0.2) is 0 Å². The summed E-state index contributed by atoms with van der Waals surface area (Å²) in [4.78, 5) is 0. The fraction of sp³-hybridized carbons (Fsp3) is 1.00. The Bertz CT molecular complexity index is 107. The molecule has 0 bridgehead atoms. The van der Waals surface area contributed by atoms with Gasteiger partial charge in [-0.3, -0.25) is 0 Å². The van der Waals surface area contributed by atoms with Crippen LogP contribution in [0.1, 0.15) is 53.9 Å². The third-order valence-corrected chi connectivity index (χ3v) is 2.81. The molecule has 0 aromatic carbocycles. The van der Waals surface area contributed by atoms with E-state index >= 15 is 0 Å². The summed E-state index contributed by atoms with van der Waals surface area (Å²) in [7, 11) is 0. The van der Waals surface area contributed by atoms with Crippen LogP contribution < -0.4 is 0 Å². The molecule has 0 atom stereocenters. The number of aliphatic hydroxyl groups excluding tert-OH is 1. The number of aliphatic hydroxyl groups is 1. The fourth-order valence-electron chi connectivity index (χ4n) is 0.387. The van der Waals surface area contributed by atoms with Gasteiger partial charge in [-0.1, -0.05) is 34.6 Å². The van der Waals surface area contributed by atoms with Gasteiger partial charge in [-0.05, 0) is 30.6 Å². The quantitative estimate of drug-likeness (QED) is 0.595. The third kappa shape index (κ3) is 5.59. The number of hydrogen-bond donors (Lipinski definition) is 1. The van der Waals surface area contributed by atoms with Crippen molar-refractivity contribution < 1.29 is 5.11 Å². The summed E-state index contributed by atoms with van der Waals surface area (Å²) in [5.74, 6) is 0.799. The Morgan fingerprint density at radius 1 is 1.17 bits per heavy atom. The molecule has 0 spiro atoms. The molecule has 1 aliphatic carbocycles. The highest BCUT2D eigenvalue weighted by molar-refractivity contribution is 4.65. The van der Waals surface area contributed by atoms with Crippen LogP contribution >= 0.6 is 0 Å². The lowest BCUT2D eigenvalue weighted by Crippen LogP contribution is -2.15. The second-order valence-electron chi connectivity index (χ2n) is 5.11. The van der Waals surface area contributed by atoms with Crippen molar-refractivity contribution in [2.45, 2.75) is 60.0 Å². The summed E-state index contributed by atoms with van der Waals surface area (Å²) >= 11 is 0. The summed E-state index contributed by atoms with van der Waals surface area (Å²) < 4.78 is 0. The zero-order valence-corrected chi connectivity index (χ0v) is 9.22. The van der Waals surface area contributed by atoms with E-state index in [-0.39, 0.29) is 6.10 Å². The Balaban J connectivity index is 0.000000211. The first kappa shape index (κ1) is 12.0. The second kappa shape index (κ2) is 4.86. The first-order valence-corrected chi connectivity index (χ1v) is 5.02. The van der Waals surface area contributed by atoms with E-state index in [0.717, 1.165) is 18.8 Å². The molecule has 0 saturated heterocycles. The summed E-state index contributed by atoms with van der Waals surface area (Å²) in [5, 5.41) is 8.45. The zero-order valence-electron chi connectivity index (χ0n) is 9.22. The van der Waals surface area contributed by atoms with Crippen LogP contribution in [0.25, 0.3) is 0 Å². The first-order valence-electron chi connectivity index (χ1n) is 5.02. The van der Waals surface area contributed by atoms with Crippen LogP contribution in [0.3, 0.4) is 0 Å². The molecule has 0 aliphatic heterocycles. The van der Waals surface area contributed by atoms with Crippen molar-refractivity contribution in [2.24, 2.45) is 11.3 Å². The molecule has 1 aliphatic rings. The third-order valence-electron chi connectivity index (χ3n) is 2.81. The van der Waals surface area contributed by atoms with Crippen LogP contribution in [0.5, 0.6) is 0 Å². The van der Waals surface area contributed by atoms with Gasteiger partial charge >= 0.3 is 0 Å². The van der Waals surface area contributed by atoms with Crippen LogP contribution in [-0.4, -0.2) is 11.2 Å². The summed E-state index contributed by atoms with van der Waals surface area (Å²) in [6.45, 7) is 11.3. The van der Waals surface area contributed by atoms with Crippen LogP contribution in [0.15, 0.2) is 0 Å². The molecule has 1 fully saturated rings. The molecule has 0 radical (unpaired) electrons. The molecule has 1 nitrogen and oxygen atoms in total. The highest BCUT2D eigenvalue weighted by atomic mass is 16.3. The monoisotopic (exact) mass is 172 g/mol. The summed E-state index contributed by atoms with van der Waals surface area (Å²) in [6, 6.07) is 0. The van der Waals surface area contributed by atoms with Gasteiger partial charge in [-0.25, -0.2) is 0 Å². The van der Waals surface area contributed by atoms with Crippen molar-refractivity contribution in [3.63, 3.8) is 0 Å². The lowest BCUT2D eigenvalue weighted by molar-refractivity contribution is 0.0950. The predicted molar refractivity (Wildman–Crippen MR) is 54.2 cm³/mol. The zero-order chi connectivity index (χ0) is 9.78. The SMILES string of the molecule is CC(C)C(C)(C)C.OC1CCC1. The maximum atomic E-state index is 8.45. The molecular weight excluding hydrogens is 148 g/mol. The van der Waals surface area contributed by atoms with Crippen LogP contribution in [0.4, 0.5) is 0 Å². The van der Waals surface area contributed by atoms with E-state index in [0.29, 0.717) is 5.41 Å². The molecule has 12 heavy (non-hydrogen) atoms. The van der Waals surface area contributed by atoms with Gasteiger partial charge in [0.2, 0.25) is 0 Å². The van der Waals surface area contributed by atoms with E-state index in [1.54, 1.807) is 0 Å². The summed E-state index contributed by atoms with van der Waals surface area (Å²) in [6.07, 6.45) is 3.39. The molecule has 0 aromatic rings. The standard InChI is InChI=1S/C7H16.C4H8O/c1-6(2)7(3,4)5;5-4-2-1-3-4/h6H,1-5H3;4-5H,1-3H2. The largest absolute Gasteiger partial charge is 0.393 e. The van der Waals surface area contributed by atoms with Crippen LogP contribution in [0, 0.1) is 11.3 Å². The smallest absolute Gasteiger partial charge is 0.0540 e. The van der Waals surface area contributed by atoms with E-state index in [1.165, 1.54) is 6.42 Å². The highest BCUT2D eigenvalue weighted by Gasteiger charge is 2.13. The van der Waals surface area contributed by atoms with E-state index in [9.17, 15) is 0 Å². The highest BCUT2D eigenvalue weighted by Crippen LogP contribution is 2.23. The van der Waals surface area contributed by atoms with Crippen LogP contribution in [-0.2, 0) is 0 Å². The molecule has 1 rings (SSSR count). The maximum Gasteiger partial charge on any atom is 0.0540 e. The van der Waals surface area contributed by atoms with E-state index in [4.69, 9.17) is 5.11 Å². The van der Waals surface area contributed by atoms with Gasteiger partial charge in [-0.15, -0.1) is 0 Å². The lowest BCUT2D eigenvalue weighted by Gasteiger charge is -2.22. The Labute approximate surface area is 77.2 Å². The average Bonchev–Trinajstić information content (AvgIpc) is 1.83. The molecule has 1 heteroatoms. The summed E-state index contributed by atoms with van der Waals surface area (Å²) in [5.41, 5.74) is 0.500. The Kier molecular flexibility index (Phi) is 4.84. The van der Waals surface area contributed by atoms with Crippen molar-refractivity contribution in [3.05, 3.63) is 0 Å². The Morgan fingerprint density at radius 3 is 1.42 bits per heavy atom. The van der Waals surface area contributed by atoms with Gasteiger partial charge in [0.25, 0.3) is 0 Å². The van der Waals surface area contributed by atoms with Gasteiger partial charge in [0, 0.05) is 0 Å². The predicted octanol–water partition coefficient (Wildman–Crippen LogP) is 3.22. The normalized spacial score (nSPS) is 18.2. The van der Waals surface area contributed by atoms with Crippen molar-refractivity contribution >= 4 is 0 Å². The molecule has 74 valence electrons. The number of hydrogen-bond acceptors (Lipinski definition) is 1. The van der Waals surface area contributed by atoms with Gasteiger partial charge in [0.05, 0.1) is 6.10 Å². The molecule has 0 aromatic heterocycles. The van der Waals surface area contributed by atoms with Gasteiger partial charge < -0.3 is 5.11 Å². The minimum atomic E-state index is 0.0648. The first-order chi connectivity index (χ1) is 5.34. The lowest BCUT2D eigenvalue weighted by atomic mass is 9.84. The topological polar surface area (TPSA) is 20.2 Å². The Morgan fingerprint density at radius 2 is 1.42 bits per heavy atom. The Hall–Kier alpha value is -0.0400. The fourth-order valence-corrected chi connectivity index (χ4v) is 0.387. The molecule has 0 amide bonds. The van der Waals surface area contributed by atoms with Crippen molar-refractivity contribution in [1.29, 1.82) is 0 Å². The molecular formula is C11H24O. The average molecular weight is 172 g/mol. The van der Waals surface area contributed by atoms with Crippen molar-refractivity contribution in [2.75, 3.05) is 0 Å². The van der Waals surface area contributed by atoms with Gasteiger partial charge in [0.1, 0.15) is 0 Å². The molecule has 1 saturated carbocycles. The van der Waals surface area contributed by atoms with E-state index in [2.05, 4.69) is 34.6 Å². The molecule has 1 N–H and O–H groups in total. The van der Waals surface area contributed by atoms with Gasteiger partial charge in [-0.2, -0.15) is 0 Å². The minimum absolute atomic E-state index is 0.0648. The van der Waals surface area contributed by atoms with Crippen LogP contribution in [0.2, 0.25) is 0 Å². The van der Waals surface area contributed by atoms with E-state index < -0.39 is 0 Å². The molecule has 0 heterocycles.